The van der Waals surface area contributed by atoms with E-state index >= 15 is 0 Å². The molecule has 0 aliphatic carbocycles. The highest BCUT2D eigenvalue weighted by molar-refractivity contribution is 5.98. The number of rotatable bonds is 4. The molecule has 1 aromatic carbocycles. The molecule has 3 heteroatoms. The van der Waals surface area contributed by atoms with E-state index in [-0.39, 0.29) is 17.8 Å². The van der Waals surface area contributed by atoms with E-state index in [1.165, 1.54) is 0 Å². The Balaban J connectivity index is 2.02. The van der Waals surface area contributed by atoms with Crippen molar-refractivity contribution in [2.24, 2.45) is 5.92 Å². The van der Waals surface area contributed by atoms with E-state index in [0.717, 1.165) is 37.2 Å². The van der Waals surface area contributed by atoms with Crippen LogP contribution in [-0.4, -0.2) is 25.0 Å². The van der Waals surface area contributed by atoms with Crippen molar-refractivity contribution in [1.82, 2.24) is 5.32 Å². The van der Waals surface area contributed by atoms with Gasteiger partial charge in [-0.2, -0.15) is 0 Å². The number of hydrogen-bond acceptors (Lipinski definition) is 3. The van der Waals surface area contributed by atoms with Crippen molar-refractivity contribution in [2.45, 2.75) is 32.8 Å². The normalized spacial score (nSPS) is 19.8. The van der Waals surface area contributed by atoms with Crippen LogP contribution in [0.3, 0.4) is 0 Å². The Labute approximate surface area is 109 Å². The number of carbonyl (C=O) groups excluding carboxylic acids is 1. The lowest BCUT2D eigenvalue weighted by molar-refractivity contribution is 0.0899. The number of hydrogen-bond donors (Lipinski definition) is 1. The van der Waals surface area contributed by atoms with Crippen LogP contribution in [-0.2, 0) is 0 Å². The minimum Gasteiger partial charge on any atom is -0.491 e. The fourth-order valence-electron chi connectivity index (χ4n) is 2.28. The van der Waals surface area contributed by atoms with Gasteiger partial charge in [-0.1, -0.05) is 0 Å². The van der Waals surface area contributed by atoms with E-state index in [1.54, 1.807) is 0 Å². The van der Waals surface area contributed by atoms with Gasteiger partial charge in [0.25, 0.3) is 0 Å². The summed E-state index contributed by atoms with van der Waals surface area (Å²) < 4.78 is 5.57. The van der Waals surface area contributed by atoms with Crippen molar-refractivity contribution in [3.63, 3.8) is 0 Å². The summed E-state index contributed by atoms with van der Waals surface area (Å²) in [4.78, 5) is 12.3. The van der Waals surface area contributed by atoms with Gasteiger partial charge in [-0.15, -0.1) is 0 Å². The Morgan fingerprint density at radius 1 is 1.33 bits per heavy atom. The monoisotopic (exact) mass is 247 g/mol. The van der Waals surface area contributed by atoms with E-state index in [0.29, 0.717) is 0 Å². The molecule has 3 nitrogen and oxygen atoms in total. The topological polar surface area (TPSA) is 38.3 Å². The summed E-state index contributed by atoms with van der Waals surface area (Å²) in [5.74, 6) is 1.21. The molecule has 98 valence electrons. The van der Waals surface area contributed by atoms with Gasteiger partial charge in [-0.3, -0.25) is 4.79 Å². The molecule has 1 atom stereocenters. The van der Waals surface area contributed by atoms with Crippen LogP contribution in [0.15, 0.2) is 24.3 Å². The molecule has 1 N–H and O–H groups in total. The van der Waals surface area contributed by atoms with Gasteiger partial charge in [0.15, 0.2) is 5.78 Å². The largest absolute Gasteiger partial charge is 0.491 e. The van der Waals surface area contributed by atoms with Crippen LogP contribution in [0.4, 0.5) is 0 Å². The van der Waals surface area contributed by atoms with Gasteiger partial charge in [0.1, 0.15) is 5.75 Å². The van der Waals surface area contributed by atoms with Crippen LogP contribution in [0.25, 0.3) is 0 Å². The first kappa shape index (κ1) is 13.1. The molecule has 0 aromatic heterocycles. The van der Waals surface area contributed by atoms with Gasteiger partial charge >= 0.3 is 0 Å². The third-order valence-electron chi connectivity index (χ3n) is 3.18. The van der Waals surface area contributed by atoms with E-state index in [2.05, 4.69) is 5.32 Å². The maximum atomic E-state index is 12.3. The molecule has 1 aliphatic heterocycles. The van der Waals surface area contributed by atoms with Gasteiger partial charge in [0.05, 0.1) is 6.10 Å². The van der Waals surface area contributed by atoms with Crippen LogP contribution in [0, 0.1) is 5.92 Å². The number of benzene rings is 1. The van der Waals surface area contributed by atoms with Crippen LogP contribution < -0.4 is 10.1 Å². The second-order valence-corrected chi connectivity index (χ2v) is 5.10. The van der Waals surface area contributed by atoms with Crippen molar-refractivity contribution in [3.05, 3.63) is 29.8 Å². The highest BCUT2D eigenvalue weighted by atomic mass is 16.5. The Bertz CT molecular complexity index is 391. The smallest absolute Gasteiger partial charge is 0.167 e. The molecule has 0 saturated carbocycles. The van der Waals surface area contributed by atoms with Crippen LogP contribution in [0.2, 0.25) is 0 Å². The van der Waals surface area contributed by atoms with Gasteiger partial charge < -0.3 is 10.1 Å². The van der Waals surface area contributed by atoms with Crippen molar-refractivity contribution in [2.75, 3.05) is 13.1 Å². The third-order valence-corrected chi connectivity index (χ3v) is 3.18. The first-order valence-corrected chi connectivity index (χ1v) is 6.68. The molecule has 1 aliphatic rings. The predicted octanol–water partition coefficient (Wildman–Crippen LogP) is 2.66. The third kappa shape index (κ3) is 3.33. The van der Waals surface area contributed by atoms with Gasteiger partial charge in [0.2, 0.25) is 0 Å². The highest BCUT2D eigenvalue weighted by Gasteiger charge is 2.21. The standard InChI is InChI=1S/C15H21NO2/c1-11(2)18-14-7-5-12(6-8-14)15(17)13-4-3-9-16-10-13/h5-8,11,13,16H,3-4,9-10H2,1-2H3. The van der Waals surface area contributed by atoms with Crippen molar-refractivity contribution >= 4 is 5.78 Å². The van der Waals surface area contributed by atoms with Crippen molar-refractivity contribution in [1.29, 1.82) is 0 Å². The second kappa shape index (κ2) is 6.01. The number of carbonyl (C=O) groups is 1. The molecular formula is C15H21NO2. The number of Topliss-reactive ketones (excluding diaryl/α,β-unsaturated/α-hetero) is 1. The van der Waals surface area contributed by atoms with Gasteiger partial charge in [-0.05, 0) is 57.5 Å². The van der Waals surface area contributed by atoms with Crippen molar-refractivity contribution < 1.29 is 9.53 Å². The summed E-state index contributed by atoms with van der Waals surface area (Å²) >= 11 is 0. The quantitative estimate of drug-likeness (QED) is 0.831. The summed E-state index contributed by atoms with van der Waals surface area (Å²) in [6.07, 6.45) is 2.25. The number of nitrogens with one attached hydrogen (secondary N) is 1. The molecule has 1 heterocycles. The fraction of sp³-hybridized carbons (Fsp3) is 0.533. The molecular weight excluding hydrogens is 226 g/mol. The molecule has 18 heavy (non-hydrogen) atoms. The molecule has 1 aromatic rings. The average Bonchev–Trinajstić information content (AvgIpc) is 2.39. The maximum Gasteiger partial charge on any atom is 0.167 e. The van der Waals surface area contributed by atoms with E-state index in [9.17, 15) is 4.79 Å². The lowest BCUT2D eigenvalue weighted by Gasteiger charge is -2.21. The second-order valence-electron chi connectivity index (χ2n) is 5.10. The molecule has 2 rings (SSSR count). The van der Waals surface area contributed by atoms with Crippen LogP contribution >= 0.6 is 0 Å². The zero-order valence-electron chi connectivity index (χ0n) is 11.1. The Kier molecular flexibility index (Phi) is 4.37. The van der Waals surface area contributed by atoms with Gasteiger partial charge in [0, 0.05) is 18.0 Å². The Morgan fingerprint density at radius 3 is 2.61 bits per heavy atom. The van der Waals surface area contributed by atoms with E-state index in [1.807, 2.05) is 38.1 Å². The summed E-state index contributed by atoms with van der Waals surface area (Å²) in [5, 5.41) is 3.28. The zero-order valence-corrected chi connectivity index (χ0v) is 11.1. The molecule has 0 amide bonds. The number of piperidine rings is 1. The Hall–Kier alpha value is -1.35. The summed E-state index contributed by atoms with van der Waals surface area (Å²) in [7, 11) is 0. The average molecular weight is 247 g/mol. The predicted molar refractivity (Wildman–Crippen MR) is 72.1 cm³/mol. The number of ketones is 1. The molecule has 0 radical (unpaired) electrons. The minimum absolute atomic E-state index is 0.135. The van der Waals surface area contributed by atoms with Crippen LogP contribution in [0.5, 0.6) is 5.75 Å². The highest BCUT2D eigenvalue weighted by Crippen LogP contribution is 2.19. The summed E-state index contributed by atoms with van der Waals surface area (Å²) in [5.41, 5.74) is 0.791. The van der Waals surface area contributed by atoms with E-state index < -0.39 is 0 Å². The Morgan fingerprint density at radius 2 is 2.06 bits per heavy atom. The lowest BCUT2D eigenvalue weighted by atomic mass is 9.91. The molecule has 1 saturated heterocycles. The first-order chi connectivity index (χ1) is 8.66. The number of ether oxygens (including phenoxy) is 1. The van der Waals surface area contributed by atoms with Gasteiger partial charge in [-0.25, -0.2) is 0 Å². The maximum absolute atomic E-state index is 12.3. The van der Waals surface area contributed by atoms with Crippen LogP contribution in [0.1, 0.15) is 37.0 Å². The molecule has 1 fully saturated rings. The molecule has 0 spiro atoms. The minimum atomic E-state index is 0.135. The lowest BCUT2D eigenvalue weighted by Crippen LogP contribution is -2.34. The summed E-state index contributed by atoms with van der Waals surface area (Å²) in [6, 6.07) is 7.50. The SMILES string of the molecule is CC(C)Oc1ccc(C(=O)C2CCCNC2)cc1. The van der Waals surface area contributed by atoms with E-state index in [4.69, 9.17) is 4.74 Å². The summed E-state index contributed by atoms with van der Waals surface area (Å²) in [6.45, 7) is 5.83. The molecule has 0 bridgehead atoms. The van der Waals surface area contributed by atoms with Crippen molar-refractivity contribution in [3.8, 4) is 5.75 Å². The fourth-order valence-corrected chi connectivity index (χ4v) is 2.28. The first-order valence-electron chi connectivity index (χ1n) is 6.68. The zero-order chi connectivity index (χ0) is 13.0. The molecule has 1 unspecified atom stereocenters.